The lowest BCUT2D eigenvalue weighted by Crippen LogP contribution is -2.44. The van der Waals surface area contributed by atoms with Gasteiger partial charge in [0.05, 0.1) is 29.1 Å². The fourth-order valence-electron chi connectivity index (χ4n) is 5.09. The number of methoxy groups -OCH3 is 1. The van der Waals surface area contributed by atoms with Crippen LogP contribution < -0.4 is 5.32 Å². The molecule has 40 heavy (non-hydrogen) atoms. The van der Waals surface area contributed by atoms with Gasteiger partial charge in [0.25, 0.3) is 5.78 Å². The number of carboxylic acids is 1. The lowest BCUT2D eigenvalue weighted by molar-refractivity contribution is -0.191. The quantitative estimate of drug-likeness (QED) is 0.353. The Morgan fingerprint density at radius 3 is 2.42 bits per heavy atom. The highest BCUT2D eigenvalue weighted by Gasteiger charge is 2.47. The Bertz CT molecular complexity index is 1390. The van der Waals surface area contributed by atoms with E-state index >= 15 is 0 Å². The summed E-state index contributed by atoms with van der Waals surface area (Å²) in [6.07, 6.45) is -2.78. The number of hydrogen-bond donors (Lipinski definition) is 2. The van der Waals surface area contributed by atoms with E-state index in [4.69, 9.17) is 16.3 Å². The lowest BCUT2D eigenvalue weighted by Gasteiger charge is -2.37. The molecule has 1 fully saturated rings. The monoisotopic (exact) mass is 582 g/mol. The summed E-state index contributed by atoms with van der Waals surface area (Å²) >= 11 is 5.93. The van der Waals surface area contributed by atoms with Crippen LogP contribution in [0.4, 0.5) is 24.5 Å². The van der Waals surface area contributed by atoms with Crippen molar-refractivity contribution in [1.29, 1.82) is 0 Å². The van der Waals surface area contributed by atoms with Gasteiger partial charge in [0.1, 0.15) is 0 Å². The van der Waals surface area contributed by atoms with E-state index in [1.807, 2.05) is 0 Å². The van der Waals surface area contributed by atoms with Crippen molar-refractivity contribution in [2.75, 3.05) is 19.5 Å². The number of fused-ring (bicyclic) bond motifs is 1. The van der Waals surface area contributed by atoms with Gasteiger partial charge in [-0.1, -0.05) is 12.1 Å². The molecule has 1 amide bonds. The Labute approximate surface area is 233 Å². The Balaban J connectivity index is 1.56. The van der Waals surface area contributed by atoms with Gasteiger partial charge in [-0.2, -0.15) is 22.7 Å². The first-order valence-electron chi connectivity index (χ1n) is 12.6. The number of carboxylic acid groups (broad SMARTS) is 1. The molecule has 0 radical (unpaired) electrons. The number of amides is 1. The van der Waals surface area contributed by atoms with E-state index in [0.717, 1.165) is 11.9 Å². The van der Waals surface area contributed by atoms with Gasteiger partial charge in [-0.05, 0) is 68.8 Å². The van der Waals surface area contributed by atoms with Gasteiger partial charge in [0, 0.05) is 25.8 Å². The van der Waals surface area contributed by atoms with E-state index in [-0.39, 0.29) is 42.3 Å². The Kier molecular flexibility index (Phi) is 8.27. The van der Waals surface area contributed by atoms with Gasteiger partial charge < -0.3 is 20.1 Å². The van der Waals surface area contributed by atoms with Crippen molar-refractivity contribution in [2.45, 2.75) is 57.9 Å². The molecule has 1 saturated carbocycles. The zero-order valence-corrected chi connectivity index (χ0v) is 23.1. The number of anilines is 2. The molecule has 4 rings (SSSR count). The number of hydrogen-bond acceptors (Lipinski definition) is 7. The first kappa shape index (κ1) is 29.5. The summed E-state index contributed by atoms with van der Waals surface area (Å²) in [5.74, 6) is -2.02. The van der Waals surface area contributed by atoms with Crippen molar-refractivity contribution in [3.63, 3.8) is 0 Å². The Morgan fingerprint density at radius 1 is 1.25 bits per heavy atom. The minimum Gasteiger partial charge on any atom is -0.481 e. The molecule has 0 spiro atoms. The first-order valence-corrected chi connectivity index (χ1v) is 13.0. The molecule has 0 bridgehead atoms. The Hall–Kier alpha value is -3.45. The summed E-state index contributed by atoms with van der Waals surface area (Å²) in [6.45, 7) is 3.38. The summed E-state index contributed by atoms with van der Waals surface area (Å²) in [7, 11) is 2.65. The highest BCUT2D eigenvalue weighted by molar-refractivity contribution is 6.28. The summed E-state index contributed by atoms with van der Waals surface area (Å²) in [4.78, 5) is 33.6. The normalized spacial score (nSPS) is 21.1. The summed E-state index contributed by atoms with van der Waals surface area (Å²) in [6, 6.07) is 3.41. The smallest absolute Gasteiger partial charge is 0.413 e. The van der Waals surface area contributed by atoms with Gasteiger partial charge >= 0.3 is 12.1 Å². The molecule has 10 nitrogen and oxygen atoms in total. The topological polar surface area (TPSA) is 122 Å². The molecular weight excluding hydrogens is 553 g/mol. The number of ether oxygens (including phenoxy) is 1. The third-order valence-electron chi connectivity index (χ3n) is 7.62. The van der Waals surface area contributed by atoms with Crippen LogP contribution in [0, 0.1) is 11.3 Å². The van der Waals surface area contributed by atoms with Crippen molar-refractivity contribution >= 4 is 40.6 Å². The highest BCUT2D eigenvalue weighted by atomic mass is 35.5. The van der Waals surface area contributed by atoms with Crippen LogP contribution in [0.3, 0.4) is 0 Å². The van der Waals surface area contributed by atoms with E-state index < -0.39 is 41.5 Å². The zero-order chi connectivity index (χ0) is 29.4. The van der Waals surface area contributed by atoms with Crippen LogP contribution in [0.2, 0.25) is 5.28 Å². The molecule has 2 N–H and O–H groups in total. The molecule has 2 atom stereocenters. The van der Waals surface area contributed by atoms with Gasteiger partial charge in [0.2, 0.25) is 11.2 Å². The number of carbonyl (C=O) groups is 2. The molecule has 3 aromatic rings. The van der Waals surface area contributed by atoms with Crippen LogP contribution >= 0.6 is 11.6 Å². The first-order chi connectivity index (χ1) is 18.7. The van der Waals surface area contributed by atoms with E-state index in [9.17, 15) is 27.9 Å². The number of benzene rings is 1. The van der Waals surface area contributed by atoms with Gasteiger partial charge in [-0.15, -0.1) is 5.10 Å². The fraction of sp³-hybridized carbons (Fsp3) is 0.500. The number of alkyl halides is 3. The number of rotatable bonds is 8. The number of aromatic nitrogens is 4. The fourth-order valence-corrected chi connectivity index (χ4v) is 5.24. The molecule has 2 aromatic heterocycles. The van der Waals surface area contributed by atoms with Gasteiger partial charge in [-0.25, -0.2) is 4.98 Å². The van der Waals surface area contributed by atoms with Gasteiger partial charge in [0.15, 0.2) is 6.04 Å². The van der Waals surface area contributed by atoms with Crippen LogP contribution in [0.1, 0.15) is 62.9 Å². The SMILES string of the molecule is CO[C@@H](C)c1c(Nc2ccc([C@H](N(C)C(=O)C3CCC(C)(C(=O)O)CC3)C(F)(F)F)cc2)cnc2nc(Cl)nn12. The maximum atomic E-state index is 14.3. The number of nitrogens with one attached hydrogen (secondary N) is 1. The maximum Gasteiger partial charge on any atom is 0.413 e. The maximum absolute atomic E-state index is 14.3. The second kappa shape index (κ2) is 11.2. The minimum absolute atomic E-state index is 0.000421. The third-order valence-corrected chi connectivity index (χ3v) is 7.78. The zero-order valence-electron chi connectivity index (χ0n) is 22.4. The molecule has 1 aliphatic carbocycles. The van der Waals surface area contributed by atoms with Crippen molar-refractivity contribution in [2.24, 2.45) is 11.3 Å². The van der Waals surface area contributed by atoms with Crippen LogP contribution in [-0.2, 0) is 14.3 Å². The predicted octanol–water partition coefficient (Wildman–Crippen LogP) is 5.57. The van der Waals surface area contributed by atoms with Crippen LogP contribution in [0.25, 0.3) is 5.78 Å². The number of aliphatic carboxylic acids is 1. The molecule has 0 unspecified atom stereocenters. The average molecular weight is 583 g/mol. The molecule has 216 valence electrons. The van der Waals surface area contributed by atoms with Crippen molar-refractivity contribution < 1.29 is 32.6 Å². The summed E-state index contributed by atoms with van der Waals surface area (Å²) in [5.41, 5.74) is 0.434. The molecule has 14 heteroatoms. The predicted molar refractivity (Wildman–Crippen MR) is 140 cm³/mol. The number of nitrogens with zero attached hydrogens (tertiary/aromatic N) is 5. The highest BCUT2D eigenvalue weighted by Crippen LogP contribution is 2.43. The second-order valence-corrected chi connectivity index (χ2v) is 10.6. The standard InChI is InChI=1S/C26H30ClF3N6O4/c1-14(40-4)19-18(13-31-24-33-23(27)34-36(19)24)32-17-7-5-15(6-8-17)20(26(28,29)30)35(3)21(37)16-9-11-25(2,12-10-16)22(38)39/h5-8,13-14,16,20,32H,9-12H2,1-4H3,(H,38,39)/t14-,16?,20-,25?/m0/s1. The average Bonchev–Trinajstić information content (AvgIpc) is 3.28. The van der Waals surface area contributed by atoms with Crippen molar-refractivity contribution in [1.82, 2.24) is 24.5 Å². The van der Waals surface area contributed by atoms with E-state index in [0.29, 0.717) is 17.1 Å². The molecule has 1 aliphatic rings. The molecule has 0 saturated heterocycles. The lowest BCUT2D eigenvalue weighted by atomic mass is 9.71. The minimum atomic E-state index is -4.73. The van der Waals surface area contributed by atoms with E-state index in [2.05, 4.69) is 20.4 Å². The van der Waals surface area contributed by atoms with Crippen molar-refractivity contribution in [3.8, 4) is 0 Å². The molecule has 1 aromatic carbocycles. The van der Waals surface area contributed by atoms with Crippen LogP contribution in [0.5, 0.6) is 0 Å². The molecule has 2 heterocycles. The Morgan fingerprint density at radius 2 is 1.88 bits per heavy atom. The van der Waals surface area contributed by atoms with E-state index in [1.165, 1.54) is 42.1 Å². The third kappa shape index (κ3) is 5.85. The molecule has 0 aliphatic heterocycles. The van der Waals surface area contributed by atoms with Crippen LogP contribution in [-0.4, -0.2) is 61.8 Å². The van der Waals surface area contributed by atoms with E-state index in [1.54, 1.807) is 13.8 Å². The number of carbonyl (C=O) groups excluding carboxylic acids is 1. The van der Waals surface area contributed by atoms with Crippen LogP contribution in [0.15, 0.2) is 30.5 Å². The summed E-state index contributed by atoms with van der Waals surface area (Å²) in [5, 5.41) is 16.7. The second-order valence-electron chi connectivity index (χ2n) is 10.3. The largest absolute Gasteiger partial charge is 0.481 e. The van der Waals surface area contributed by atoms with Gasteiger partial charge in [-0.3, -0.25) is 9.59 Å². The molecular formula is C26H30ClF3N6O4. The number of halogens is 4. The summed E-state index contributed by atoms with van der Waals surface area (Å²) < 4.78 is 49.6. The van der Waals surface area contributed by atoms with Crippen molar-refractivity contribution in [3.05, 3.63) is 47.0 Å².